The lowest BCUT2D eigenvalue weighted by molar-refractivity contribution is -0.134. The topological polar surface area (TPSA) is 55.9 Å². The Labute approximate surface area is 141 Å². The van der Waals surface area contributed by atoms with Crippen molar-refractivity contribution in [1.29, 1.82) is 0 Å². The molecule has 2 aliphatic rings. The second kappa shape index (κ2) is 7.19. The van der Waals surface area contributed by atoms with Crippen LogP contribution >= 0.6 is 11.6 Å². The lowest BCUT2D eigenvalue weighted by atomic mass is 10.2. The summed E-state index contributed by atoms with van der Waals surface area (Å²) in [6.07, 6.45) is 0. The highest BCUT2D eigenvalue weighted by Gasteiger charge is 2.25. The molecular weight excluding hydrogens is 316 g/mol. The maximum Gasteiger partial charge on any atom is 0.236 e. The first-order chi connectivity index (χ1) is 11.1. The summed E-state index contributed by atoms with van der Waals surface area (Å²) in [5.41, 5.74) is 1.09. The van der Waals surface area contributed by atoms with Crippen molar-refractivity contribution in [2.24, 2.45) is 0 Å². The summed E-state index contributed by atoms with van der Waals surface area (Å²) >= 11 is 6.03. The number of carbonyl (C=O) groups excluding carboxylic acids is 2. The van der Waals surface area contributed by atoms with Gasteiger partial charge in [-0.1, -0.05) is 17.7 Å². The lowest BCUT2D eigenvalue weighted by Gasteiger charge is -2.37. The molecular formula is C16H21ClN4O2. The highest BCUT2D eigenvalue weighted by Crippen LogP contribution is 2.20. The van der Waals surface area contributed by atoms with Gasteiger partial charge in [-0.15, -0.1) is 0 Å². The van der Waals surface area contributed by atoms with Crippen LogP contribution < -0.4 is 10.2 Å². The van der Waals surface area contributed by atoms with E-state index in [4.69, 9.17) is 11.6 Å². The smallest absolute Gasteiger partial charge is 0.236 e. The molecule has 0 saturated carbocycles. The number of anilines is 1. The minimum absolute atomic E-state index is 0.00479. The highest BCUT2D eigenvalue weighted by atomic mass is 35.5. The Bertz CT molecular complexity index is 587. The van der Waals surface area contributed by atoms with Crippen LogP contribution in [-0.4, -0.2) is 74.0 Å². The van der Waals surface area contributed by atoms with Gasteiger partial charge >= 0.3 is 0 Å². The van der Waals surface area contributed by atoms with E-state index in [2.05, 4.69) is 10.2 Å². The second-order valence-electron chi connectivity index (χ2n) is 5.91. The standard InChI is InChI=1S/C16H21ClN4O2/c17-13-2-1-3-14(10-13)20-6-8-21(9-7-20)16(23)12-19-5-4-18-15(22)11-19/h1-3,10H,4-9,11-12H2,(H,18,22). The third kappa shape index (κ3) is 4.14. The van der Waals surface area contributed by atoms with Crippen LogP contribution in [0.3, 0.4) is 0 Å². The summed E-state index contributed by atoms with van der Waals surface area (Å²) in [4.78, 5) is 29.8. The van der Waals surface area contributed by atoms with Gasteiger partial charge in [0.25, 0.3) is 0 Å². The van der Waals surface area contributed by atoms with Crippen molar-refractivity contribution in [3.8, 4) is 0 Å². The number of piperazine rings is 2. The number of hydrogen-bond acceptors (Lipinski definition) is 4. The summed E-state index contributed by atoms with van der Waals surface area (Å²) in [5.74, 6) is 0.0975. The van der Waals surface area contributed by atoms with Gasteiger partial charge in [0.05, 0.1) is 13.1 Å². The average molecular weight is 337 g/mol. The Morgan fingerprint density at radius 3 is 2.65 bits per heavy atom. The Balaban J connectivity index is 1.50. The molecule has 1 aromatic carbocycles. The molecule has 2 heterocycles. The molecule has 0 spiro atoms. The van der Waals surface area contributed by atoms with Crippen LogP contribution in [0.1, 0.15) is 0 Å². The third-order valence-corrected chi connectivity index (χ3v) is 4.52. The molecule has 0 aromatic heterocycles. The van der Waals surface area contributed by atoms with Crippen molar-refractivity contribution < 1.29 is 9.59 Å². The van der Waals surface area contributed by atoms with Gasteiger partial charge in [0.1, 0.15) is 0 Å². The predicted octanol–water partition coefficient (Wildman–Crippen LogP) is 0.420. The van der Waals surface area contributed by atoms with E-state index in [1.165, 1.54) is 0 Å². The molecule has 0 aliphatic carbocycles. The monoisotopic (exact) mass is 336 g/mol. The fourth-order valence-corrected chi connectivity index (χ4v) is 3.19. The van der Waals surface area contributed by atoms with Crippen LogP contribution in [0.5, 0.6) is 0 Å². The molecule has 0 unspecified atom stereocenters. The van der Waals surface area contributed by atoms with Crippen LogP contribution in [0.15, 0.2) is 24.3 Å². The van der Waals surface area contributed by atoms with Gasteiger partial charge in [0, 0.05) is 50.0 Å². The maximum absolute atomic E-state index is 12.4. The fourth-order valence-electron chi connectivity index (χ4n) is 3.00. The zero-order valence-corrected chi connectivity index (χ0v) is 13.8. The second-order valence-corrected chi connectivity index (χ2v) is 6.34. The van der Waals surface area contributed by atoms with Crippen molar-refractivity contribution in [2.45, 2.75) is 0 Å². The van der Waals surface area contributed by atoms with Gasteiger partial charge in [0.2, 0.25) is 11.8 Å². The lowest BCUT2D eigenvalue weighted by Crippen LogP contribution is -2.54. The molecule has 2 amide bonds. The molecule has 2 fully saturated rings. The van der Waals surface area contributed by atoms with E-state index >= 15 is 0 Å². The molecule has 6 nitrogen and oxygen atoms in total. The summed E-state index contributed by atoms with van der Waals surface area (Å²) in [7, 11) is 0. The van der Waals surface area contributed by atoms with Gasteiger partial charge in [-0.3, -0.25) is 14.5 Å². The zero-order valence-electron chi connectivity index (χ0n) is 13.0. The third-order valence-electron chi connectivity index (χ3n) is 4.28. The molecule has 0 atom stereocenters. The van der Waals surface area contributed by atoms with Crippen LogP contribution in [0.25, 0.3) is 0 Å². The van der Waals surface area contributed by atoms with E-state index in [0.29, 0.717) is 32.7 Å². The molecule has 1 N–H and O–H groups in total. The van der Waals surface area contributed by atoms with Crippen molar-refractivity contribution in [3.63, 3.8) is 0 Å². The van der Waals surface area contributed by atoms with Gasteiger partial charge < -0.3 is 15.1 Å². The number of nitrogens with zero attached hydrogens (tertiary/aromatic N) is 3. The van der Waals surface area contributed by atoms with Crippen LogP contribution in [0, 0.1) is 0 Å². The molecule has 124 valence electrons. The summed E-state index contributed by atoms with van der Waals surface area (Å²) < 4.78 is 0. The minimum Gasteiger partial charge on any atom is -0.368 e. The summed E-state index contributed by atoms with van der Waals surface area (Å²) in [5, 5.41) is 3.50. The largest absolute Gasteiger partial charge is 0.368 e. The molecule has 0 bridgehead atoms. The Morgan fingerprint density at radius 1 is 1.17 bits per heavy atom. The van der Waals surface area contributed by atoms with Crippen molar-refractivity contribution in [2.75, 3.05) is 57.3 Å². The van der Waals surface area contributed by atoms with Crippen molar-refractivity contribution in [1.82, 2.24) is 15.1 Å². The first-order valence-corrected chi connectivity index (χ1v) is 8.27. The van der Waals surface area contributed by atoms with E-state index in [0.717, 1.165) is 30.3 Å². The molecule has 2 saturated heterocycles. The Morgan fingerprint density at radius 2 is 1.96 bits per heavy atom. The number of halogens is 1. The van der Waals surface area contributed by atoms with Crippen molar-refractivity contribution >= 4 is 29.1 Å². The van der Waals surface area contributed by atoms with Crippen molar-refractivity contribution in [3.05, 3.63) is 29.3 Å². The van der Waals surface area contributed by atoms with Gasteiger partial charge in [-0.05, 0) is 18.2 Å². The van der Waals surface area contributed by atoms with E-state index < -0.39 is 0 Å². The summed E-state index contributed by atoms with van der Waals surface area (Å²) in [6, 6.07) is 7.79. The predicted molar refractivity (Wildman–Crippen MR) is 89.7 cm³/mol. The molecule has 1 aromatic rings. The summed E-state index contributed by atoms with van der Waals surface area (Å²) in [6.45, 7) is 4.99. The van der Waals surface area contributed by atoms with Gasteiger partial charge in [-0.25, -0.2) is 0 Å². The number of carbonyl (C=O) groups is 2. The first-order valence-electron chi connectivity index (χ1n) is 7.89. The number of hydrogen-bond donors (Lipinski definition) is 1. The maximum atomic E-state index is 12.4. The average Bonchev–Trinajstić information content (AvgIpc) is 2.55. The van der Waals surface area contributed by atoms with E-state index in [1.807, 2.05) is 34.1 Å². The number of benzene rings is 1. The normalized spacial score (nSPS) is 19.6. The molecule has 7 heteroatoms. The van der Waals surface area contributed by atoms with E-state index in [9.17, 15) is 9.59 Å². The molecule has 0 radical (unpaired) electrons. The van der Waals surface area contributed by atoms with Crippen LogP contribution in [-0.2, 0) is 9.59 Å². The quantitative estimate of drug-likeness (QED) is 0.869. The van der Waals surface area contributed by atoms with Gasteiger partial charge in [-0.2, -0.15) is 0 Å². The molecule has 2 aliphatic heterocycles. The fraction of sp³-hybridized carbons (Fsp3) is 0.500. The van der Waals surface area contributed by atoms with E-state index in [-0.39, 0.29) is 11.8 Å². The van der Waals surface area contributed by atoms with Crippen LogP contribution in [0.2, 0.25) is 5.02 Å². The number of rotatable bonds is 3. The highest BCUT2D eigenvalue weighted by molar-refractivity contribution is 6.30. The zero-order chi connectivity index (χ0) is 16.2. The number of nitrogens with one attached hydrogen (secondary N) is 1. The first kappa shape index (κ1) is 16.1. The van der Waals surface area contributed by atoms with Crippen LogP contribution in [0.4, 0.5) is 5.69 Å². The Hall–Kier alpha value is -1.79. The Kier molecular flexibility index (Phi) is 5.03. The SMILES string of the molecule is O=C1CN(CC(=O)N2CCN(c3cccc(Cl)c3)CC2)CCN1. The van der Waals surface area contributed by atoms with E-state index in [1.54, 1.807) is 0 Å². The molecule has 3 rings (SSSR count). The van der Waals surface area contributed by atoms with Gasteiger partial charge in [0.15, 0.2) is 0 Å². The number of amides is 2. The molecule has 23 heavy (non-hydrogen) atoms. The minimum atomic E-state index is -0.00479.